The first kappa shape index (κ1) is 39.6. The molecule has 52 heavy (non-hydrogen) atoms. The highest BCUT2D eigenvalue weighted by molar-refractivity contribution is 6.38. The number of hydrogen-bond acceptors (Lipinski definition) is 8. The standard InChI is InChI=1S/C37H54F3N7O5/c1-5-10-25(29(48)34(51)43-23-15-16-23)44-33(50)28-24-14-9-13-22(24)20-47(28)35(52)31(36(2,3)4)46-32(49)27(21-11-7-6-8-12-21)45-30(37(38,39)40)26-19-41-17-18-42-26/h17-19,21-25,27-28,30-31,45H,5-16,20H2,1-4H3,(H,43,51)(H,44,50)(H,46,49)/t22-,24-,25-,27-,28-,30?,31+/m0/s1. The van der Waals surface area contributed by atoms with E-state index in [0.29, 0.717) is 25.7 Å². The molecule has 288 valence electrons. The van der Waals surface area contributed by atoms with Crippen molar-refractivity contribution in [2.24, 2.45) is 23.2 Å². The van der Waals surface area contributed by atoms with Crippen LogP contribution in [0.2, 0.25) is 0 Å². The molecule has 5 rings (SSSR count). The Hall–Kier alpha value is -3.62. The third-order valence-corrected chi connectivity index (χ3v) is 11.1. The second kappa shape index (κ2) is 16.6. The number of halogens is 3. The number of nitrogens with one attached hydrogen (secondary N) is 4. The summed E-state index contributed by atoms with van der Waals surface area (Å²) in [6.45, 7) is 7.40. The minimum Gasteiger partial charge on any atom is -0.347 e. The number of fused-ring (bicyclic) bond motifs is 1. The number of carbonyl (C=O) groups excluding carboxylic acids is 5. The van der Waals surface area contributed by atoms with Crippen LogP contribution in [0.3, 0.4) is 0 Å². The van der Waals surface area contributed by atoms with Crippen molar-refractivity contribution in [1.82, 2.24) is 36.1 Å². The molecule has 15 heteroatoms. The van der Waals surface area contributed by atoms with Gasteiger partial charge in [-0.15, -0.1) is 0 Å². The van der Waals surface area contributed by atoms with Crippen molar-refractivity contribution in [1.29, 1.82) is 0 Å². The topological polar surface area (TPSA) is 162 Å². The molecular weight excluding hydrogens is 679 g/mol. The summed E-state index contributed by atoms with van der Waals surface area (Å²) in [5.74, 6) is -3.77. The van der Waals surface area contributed by atoms with Crippen LogP contribution in [0.25, 0.3) is 0 Å². The third kappa shape index (κ3) is 9.48. The maximum Gasteiger partial charge on any atom is 0.409 e. The van der Waals surface area contributed by atoms with Crippen molar-refractivity contribution >= 4 is 29.4 Å². The second-order valence-corrected chi connectivity index (χ2v) is 16.2. The summed E-state index contributed by atoms with van der Waals surface area (Å²) in [6, 6.07) is -6.74. The average molecular weight is 734 g/mol. The summed E-state index contributed by atoms with van der Waals surface area (Å²) in [6.07, 6.45) is 6.97. The SMILES string of the molecule is CCC[C@H](NC(=O)[C@@H]1[C@H]2CCC[C@H]2CN1C(=O)[C@@H](NC(=O)[C@@H](NC(c1cnccn1)C(F)(F)F)C1CCCCC1)C(C)(C)C)C(=O)C(=O)NC1CC1. The highest BCUT2D eigenvalue weighted by atomic mass is 19.4. The van der Waals surface area contributed by atoms with E-state index in [9.17, 15) is 37.1 Å². The zero-order valence-electron chi connectivity index (χ0n) is 30.6. The Bertz CT molecular complexity index is 1440. The first-order valence-corrected chi connectivity index (χ1v) is 18.9. The van der Waals surface area contributed by atoms with Gasteiger partial charge < -0.3 is 20.9 Å². The molecule has 2 heterocycles. The van der Waals surface area contributed by atoms with E-state index in [0.717, 1.165) is 51.1 Å². The fourth-order valence-electron chi connectivity index (χ4n) is 8.25. The van der Waals surface area contributed by atoms with E-state index in [-0.39, 0.29) is 36.5 Å². The quantitative estimate of drug-likeness (QED) is 0.209. The molecule has 1 unspecified atom stereocenters. The van der Waals surface area contributed by atoms with Crippen LogP contribution in [0.1, 0.15) is 116 Å². The lowest BCUT2D eigenvalue weighted by Gasteiger charge is -2.39. The molecule has 0 aromatic carbocycles. The molecule has 1 saturated heterocycles. The number of alkyl halides is 3. The van der Waals surface area contributed by atoms with Gasteiger partial charge in [-0.05, 0) is 68.1 Å². The van der Waals surface area contributed by atoms with Crippen molar-refractivity contribution in [3.63, 3.8) is 0 Å². The lowest BCUT2D eigenvalue weighted by molar-refractivity contribution is -0.163. The van der Waals surface area contributed by atoms with Crippen LogP contribution in [0.5, 0.6) is 0 Å². The third-order valence-electron chi connectivity index (χ3n) is 11.1. The molecule has 4 aliphatic rings. The van der Waals surface area contributed by atoms with E-state index in [1.54, 1.807) is 20.8 Å². The Balaban J connectivity index is 1.39. The van der Waals surface area contributed by atoms with Crippen molar-refractivity contribution in [3.8, 4) is 0 Å². The number of likely N-dealkylation sites (tertiary alicyclic amines) is 1. The van der Waals surface area contributed by atoms with Crippen molar-refractivity contribution < 1.29 is 37.1 Å². The summed E-state index contributed by atoms with van der Waals surface area (Å²) in [5, 5.41) is 10.9. The summed E-state index contributed by atoms with van der Waals surface area (Å²) >= 11 is 0. The molecule has 12 nitrogen and oxygen atoms in total. The second-order valence-electron chi connectivity index (χ2n) is 16.2. The van der Waals surface area contributed by atoms with E-state index in [1.165, 1.54) is 17.3 Å². The number of hydrogen-bond donors (Lipinski definition) is 4. The molecule has 0 bridgehead atoms. The summed E-state index contributed by atoms with van der Waals surface area (Å²) in [5.41, 5.74) is -1.26. The van der Waals surface area contributed by atoms with Crippen LogP contribution in [-0.4, -0.2) is 87.2 Å². The van der Waals surface area contributed by atoms with Gasteiger partial charge in [0.25, 0.3) is 5.91 Å². The fourth-order valence-corrected chi connectivity index (χ4v) is 8.25. The molecule has 4 amide bonds. The minimum atomic E-state index is -4.79. The van der Waals surface area contributed by atoms with Crippen molar-refractivity contribution in [2.45, 2.75) is 147 Å². The molecule has 7 atom stereocenters. The molecular formula is C37H54F3N7O5. The van der Waals surface area contributed by atoms with E-state index in [4.69, 9.17) is 0 Å². The molecule has 1 aliphatic heterocycles. The Morgan fingerprint density at radius 1 is 0.923 bits per heavy atom. The average Bonchev–Trinajstić information content (AvgIpc) is 3.66. The summed E-state index contributed by atoms with van der Waals surface area (Å²) in [4.78, 5) is 78.0. The van der Waals surface area contributed by atoms with Gasteiger partial charge in [0.05, 0.1) is 24.0 Å². The number of aromatic nitrogens is 2. The predicted octanol–water partition coefficient (Wildman–Crippen LogP) is 3.91. The van der Waals surface area contributed by atoms with Crippen LogP contribution in [-0.2, 0) is 24.0 Å². The Kier molecular flexibility index (Phi) is 12.6. The lowest BCUT2D eigenvalue weighted by atomic mass is 9.81. The predicted molar refractivity (Wildman–Crippen MR) is 185 cm³/mol. The number of Topliss-reactive ketones (excluding diaryl/α,β-unsaturated/α-hetero) is 1. The zero-order chi connectivity index (χ0) is 37.8. The molecule has 4 fully saturated rings. The Morgan fingerprint density at radius 2 is 1.63 bits per heavy atom. The normalized spacial score (nSPS) is 24.7. The molecule has 4 N–H and O–H groups in total. The highest BCUT2D eigenvalue weighted by Gasteiger charge is 2.53. The number of ketones is 1. The molecule has 0 spiro atoms. The first-order valence-electron chi connectivity index (χ1n) is 18.9. The molecule has 1 aromatic rings. The molecule has 3 aliphatic carbocycles. The number of carbonyl (C=O) groups is 5. The van der Waals surface area contributed by atoms with E-state index in [1.807, 2.05) is 6.92 Å². The molecule has 0 radical (unpaired) electrons. The number of rotatable bonds is 14. The van der Waals surface area contributed by atoms with Gasteiger partial charge >= 0.3 is 6.18 Å². The van der Waals surface area contributed by atoms with E-state index in [2.05, 4.69) is 31.2 Å². The minimum absolute atomic E-state index is 0.0274. The van der Waals surface area contributed by atoms with E-state index >= 15 is 0 Å². The fraction of sp³-hybridized carbons (Fsp3) is 0.757. The van der Waals surface area contributed by atoms with Gasteiger partial charge in [0.2, 0.25) is 23.5 Å². The van der Waals surface area contributed by atoms with Gasteiger partial charge in [-0.3, -0.25) is 39.3 Å². The van der Waals surface area contributed by atoms with Crippen LogP contribution in [0.4, 0.5) is 13.2 Å². The van der Waals surface area contributed by atoms with Crippen molar-refractivity contribution in [3.05, 3.63) is 24.3 Å². The molecule has 3 saturated carbocycles. The number of nitrogens with zero attached hydrogens (tertiary/aromatic N) is 3. The largest absolute Gasteiger partial charge is 0.409 e. The smallest absolute Gasteiger partial charge is 0.347 e. The van der Waals surface area contributed by atoms with Crippen LogP contribution in [0, 0.1) is 23.2 Å². The lowest BCUT2D eigenvalue weighted by Crippen LogP contribution is -2.62. The monoisotopic (exact) mass is 733 g/mol. The van der Waals surface area contributed by atoms with Crippen molar-refractivity contribution in [2.75, 3.05) is 6.54 Å². The van der Waals surface area contributed by atoms with Gasteiger partial charge in [0.1, 0.15) is 18.1 Å². The number of amides is 4. The van der Waals surface area contributed by atoms with Crippen LogP contribution >= 0.6 is 0 Å². The zero-order valence-corrected chi connectivity index (χ0v) is 30.6. The van der Waals surface area contributed by atoms with Gasteiger partial charge in [0, 0.05) is 25.0 Å². The highest BCUT2D eigenvalue weighted by Crippen LogP contribution is 2.43. The summed E-state index contributed by atoms with van der Waals surface area (Å²) < 4.78 is 43.5. The Morgan fingerprint density at radius 3 is 2.23 bits per heavy atom. The first-order chi connectivity index (χ1) is 24.6. The maximum absolute atomic E-state index is 14.6. The Labute approximate surface area is 303 Å². The van der Waals surface area contributed by atoms with Gasteiger partial charge in [-0.25, -0.2) is 0 Å². The molecule has 1 aromatic heterocycles. The van der Waals surface area contributed by atoms with Gasteiger partial charge in [-0.2, -0.15) is 13.2 Å². The van der Waals surface area contributed by atoms with Gasteiger partial charge in [-0.1, -0.05) is 59.8 Å². The van der Waals surface area contributed by atoms with Crippen LogP contribution < -0.4 is 21.3 Å². The van der Waals surface area contributed by atoms with E-state index < -0.39 is 77.1 Å². The maximum atomic E-state index is 14.6. The van der Waals surface area contributed by atoms with Gasteiger partial charge in [0.15, 0.2) is 0 Å². The van der Waals surface area contributed by atoms with Crippen LogP contribution in [0.15, 0.2) is 18.6 Å². The summed E-state index contributed by atoms with van der Waals surface area (Å²) in [7, 11) is 0.